The number of morpholine rings is 1. The van der Waals surface area contributed by atoms with E-state index in [2.05, 4.69) is 4.90 Å². The average molecular weight is 457 g/mol. The second kappa shape index (κ2) is 9.36. The van der Waals surface area contributed by atoms with Gasteiger partial charge >= 0.3 is 0 Å². The first-order chi connectivity index (χ1) is 13.6. The van der Waals surface area contributed by atoms with Crippen LogP contribution in [0.2, 0.25) is 5.02 Å². The number of benzene rings is 2. The smallest absolute Gasteiger partial charge is 0.268 e. The van der Waals surface area contributed by atoms with Gasteiger partial charge in [-0.2, -0.15) is 0 Å². The van der Waals surface area contributed by atoms with Crippen molar-refractivity contribution in [2.75, 3.05) is 39.5 Å². The number of fused-ring (bicyclic) bond motifs is 1. The molecule has 6 nitrogen and oxygen atoms in total. The highest BCUT2D eigenvalue weighted by Gasteiger charge is 2.20. The van der Waals surface area contributed by atoms with Gasteiger partial charge in [0.2, 0.25) is 0 Å². The van der Waals surface area contributed by atoms with Crippen LogP contribution in [0.5, 0.6) is 5.75 Å². The van der Waals surface area contributed by atoms with E-state index in [9.17, 15) is 8.42 Å². The Hall–Kier alpha value is -1.77. The van der Waals surface area contributed by atoms with E-state index < -0.39 is 10.0 Å². The molecule has 1 aliphatic rings. The number of rotatable bonds is 6. The van der Waals surface area contributed by atoms with Gasteiger partial charge in [-0.15, -0.1) is 12.4 Å². The van der Waals surface area contributed by atoms with E-state index in [1.165, 1.54) is 16.1 Å². The summed E-state index contributed by atoms with van der Waals surface area (Å²) in [6, 6.07) is 13.5. The van der Waals surface area contributed by atoms with Crippen LogP contribution in [0.3, 0.4) is 0 Å². The summed E-state index contributed by atoms with van der Waals surface area (Å²) in [6.07, 6.45) is 1.55. The van der Waals surface area contributed by atoms with Gasteiger partial charge in [0.05, 0.1) is 23.6 Å². The Morgan fingerprint density at radius 3 is 2.59 bits per heavy atom. The molecule has 9 heteroatoms. The fourth-order valence-corrected chi connectivity index (χ4v) is 4.95. The van der Waals surface area contributed by atoms with Crippen molar-refractivity contribution in [3.8, 4) is 5.75 Å². The summed E-state index contributed by atoms with van der Waals surface area (Å²) >= 11 is 5.97. The highest BCUT2D eigenvalue weighted by atomic mass is 35.5. The third kappa shape index (κ3) is 4.70. The van der Waals surface area contributed by atoms with Crippen LogP contribution in [0, 0.1) is 0 Å². The third-order valence-corrected chi connectivity index (χ3v) is 6.70. The molecule has 4 rings (SSSR count). The van der Waals surface area contributed by atoms with E-state index in [-0.39, 0.29) is 17.3 Å². The van der Waals surface area contributed by atoms with Crippen LogP contribution in [0.15, 0.2) is 59.6 Å². The Morgan fingerprint density at radius 2 is 1.83 bits per heavy atom. The Morgan fingerprint density at radius 1 is 1.07 bits per heavy atom. The van der Waals surface area contributed by atoms with Gasteiger partial charge in [0.25, 0.3) is 10.0 Å². The molecule has 0 atom stereocenters. The topological polar surface area (TPSA) is 60.8 Å². The van der Waals surface area contributed by atoms with Crippen molar-refractivity contribution < 1.29 is 17.9 Å². The lowest BCUT2D eigenvalue weighted by atomic mass is 10.2. The summed E-state index contributed by atoms with van der Waals surface area (Å²) < 4.78 is 38.7. The van der Waals surface area contributed by atoms with Crippen LogP contribution in [-0.2, 0) is 14.8 Å². The zero-order valence-electron chi connectivity index (χ0n) is 15.7. The molecule has 1 aliphatic heterocycles. The molecule has 0 N–H and O–H groups in total. The van der Waals surface area contributed by atoms with Gasteiger partial charge in [-0.1, -0.05) is 23.7 Å². The molecule has 0 bridgehead atoms. The van der Waals surface area contributed by atoms with Crippen molar-refractivity contribution >= 4 is 44.9 Å². The molecule has 2 aromatic carbocycles. The van der Waals surface area contributed by atoms with Gasteiger partial charge in [0.15, 0.2) is 0 Å². The first kappa shape index (κ1) is 21.9. The second-order valence-electron chi connectivity index (χ2n) is 6.57. The zero-order chi connectivity index (χ0) is 19.6. The lowest BCUT2D eigenvalue weighted by molar-refractivity contribution is 0.0323. The molecule has 2 heterocycles. The van der Waals surface area contributed by atoms with Crippen molar-refractivity contribution in [2.24, 2.45) is 0 Å². The van der Waals surface area contributed by atoms with Crippen molar-refractivity contribution in [2.45, 2.75) is 4.90 Å². The predicted molar refractivity (Wildman–Crippen MR) is 116 cm³/mol. The maximum absolute atomic E-state index is 13.0. The van der Waals surface area contributed by atoms with Crippen molar-refractivity contribution in [3.63, 3.8) is 0 Å². The number of aromatic nitrogens is 1. The molecule has 1 fully saturated rings. The standard InChI is InChI=1S/C20H21ClN2O4S.ClH/c21-16-3-1-4-17(15-16)28(24,25)23-8-7-18-19(23)5-2-6-20(18)27-14-11-22-9-12-26-13-10-22;/h1-8,15H,9-14H2;1H. The molecule has 156 valence electrons. The van der Waals surface area contributed by atoms with E-state index in [0.29, 0.717) is 22.9 Å². The SMILES string of the molecule is Cl.O=S(=O)(c1cccc(Cl)c1)n1ccc2c(OCCN3CCOCC3)cccc21. The molecular formula is C20H22Cl2N2O4S. The van der Waals surface area contributed by atoms with E-state index in [4.69, 9.17) is 21.1 Å². The molecule has 1 aromatic heterocycles. The molecule has 29 heavy (non-hydrogen) atoms. The molecule has 1 saturated heterocycles. The lowest BCUT2D eigenvalue weighted by Gasteiger charge is -2.26. The minimum Gasteiger partial charge on any atom is -0.492 e. The van der Waals surface area contributed by atoms with Gasteiger partial charge in [-0.3, -0.25) is 4.90 Å². The Kier molecular flexibility index (Phi) is 7.08. The lowest BCUT2D eigenvalue weighted by Crippen LogP contribution is -2.38. The summed E-state index contributed by atoms with van der Waals surface area (Å²) in [5.74, 6) is 0.672. The molecule has 0 amide bonds. The summed E-state index contributed by atoms with van der Waals surface area (Å²) in [6.45, 7) is 4.65. The van der Waals surface area contributed by atoms with Crippen molar-refractivity contribution in [1.29, 1.82) is 0 Å². The number of halogens is 2. The monoisotopic (exact) mass is 456 g/mol. The molecule has 3 aromatic rings. The van der Waals surface area contributed by atoms with Gasteiger partial charge < -0.3 is 9.47 Å². The van der Waals surface area contributed by atoms with Gasteiger partial charge in [-0.25, -0.2) is 12.4 Å². The predicted octanol–water partition coefficient (Wildman–Crippen LogP) is 3.66. The minimum atomic E-state index is -3.74. The van der Waals surface area contributed by atoms with Gasteiger partial charge in [0.1, 0.15) is 12.4 Å². The van der Waals surface area contributed by atoms with E-state index in [1.807, 2.05) is 6.07 Å². The van der Waals surface area contributed by atoms with Gasteiger partial charge in [-0.05, 0) is 36.4 Å². The highest BCUT2D eigenvalue weighted by molar-refractivity contribution is 7.90. The largest absolute Gasteiger partial charge is 0.492 e. The molecule has 0 radical (unpaired) electrons. The highest BCUT2D eigenvalue weighted by Crippen LogP contribution is 2.29. The maximum Gasteiger partial charge on any atom is 0.268 e. The Labute approximate surface area is 181 Å². The summed E-state index contributed by atoms with van der Waals surface area (Å²) in [5.41, 5.74) is 0.573. The van der Waals surface area contributed by atoms with E-state index in [1.54, 1.807) is 36.5 Å². The molecule has 0 unspecified atom stereocenters. The first-order valence-electron chi connectivity index (χ1n) is 9.10. The quantitative estimate of drug-likeness (QED) is 0.566. The zero-order valence-corrected chi connectivity index (χ0v) is 18.0. The summed E-state index contributed by atoms with van der Waals surface area (Å²) in [5, 5.41) is 1.14. The van der Waals surface area contributed by atoms with Crippen LogP contribution in [0.1, 0.15) is 0 Å². The van der Waals surface area contributed by atoms with Crippen LogP contribution >= 0.6 is 24.0 Å². The summed E-state index contributed by atoms with van der Waals surface area (Å²) in [7, 11) is -3.74. The fourth-order valence-electron chi connectivity index (χ4n) is 3.30. The van der Waals surface area contributed by atoms with Crippen LogP contribution in [0.4, 0.5) is 0 Å². The van der Waals surface area contributed by atoms with Crippen LogP contribution < -0.4 is 4.74 Å². The van der Waals surface area contributed by atoms with Crippen molar-refractivity contribution in [1.82, 2.24) is 8.87 Å². The van der Waals surface area contributed by atoms with E-state index in [0.717, 1.165) is 38.2 Å². The summed E-state index contributed by atoms with van der Waals surface area (Å²) in [4.78, 5) is 2.44. The Bertz CT molecular complexity index is 1080. The second-order valence-corrected chi connectivity index (χ2v) is 8.82. The van der Waals surface area contributed by atoms with Gasteiger partial charge in [0, 0.05) is 36.2 Å². The molecule has 0 saturated carbocycles. The number of hydrogen-bond donors (Lipinski definition) is 0. The molecule has 0 aliphatic carbocycles. The number of ether oxygens (including phenoxy) is 2. The van der Waals surface area contributed by atoms with E-state index >= 15 is 0 Å². The third-order valence-electron chi connectivity index (χ3n) is 4.78. The Balaban J connectivity index is 0.00000240. The molecule has 0 spiro atoms. The van der Waals surface area contributed by atoms with Crippen molar-refractivity contribution in [3.05, 3.63) is 59.8 Å². The fraction of sp³-hybridized carbons (Fsp3) is 0.300. The number of nitrogens with zero attached hydrogens (tertiary/aromatic N) is 2. The normalized spacial score (nSPS) is 15.2. The maximum atomic E-state index is 13.0. The average Bonchev–Trinajstić information content (AvgIpc) is 3.15. The first-order valence-corrected chi connectivity index (χ1v) is 10.9. The van der Waals surface area contributed by atoms with Crippen LogP contribution in [-0.4, -0.2) is 56.7 Å². The number of hydrogen-bond acceptors (Lipinski definition) is 5. The minimum absolute atomic E-state index is 0. The van der Waals surface area contributed by atoms with Crippen LogP contribution in [0.25, 0.3) is 10.9 Å². The molecular weight excluding hydrogens is 435 g/mol.